The molecular weight excluding hydrogens is 388 g/mol. The molecule has 2 aliphatic rings. The minimum absolute atomic E-state index is 0.188. The molecular formula is C21H18N4O3S. The molecule has 2 aliphatic heterocycles. The van der Waals surface area contributed by atoms with Gasteiger partial charge in [-0.15, -0.1) is 0 Å². The van der Waals surface area contributed by atoms with Gasteiger partial charge in [-0.2, -0.15) is 0 Å². The molecule has 0 bridgehead atoms. The van der Waals surface area contributed by atoms with Gasteiger partial charge in [0.05, 0.1) is 12.7 Å². The van der Waals surface area contributed by atoms with E-state index in [1.807, 2.05) is 54.3 Å². The average molecular weight is 406 g/mol. The molecule has 0 spiro atoms. The van der Waals surface area contributed by atoms with E-state index in [-0.39, 0.29) is 11.5 Å². The Hall–Kier alpha value is -3.39. The topological polar surface area (TPSA) is 75.9 Å². The first-order valence-corrected chi connectivity index (χ1v) is 9.96. The van der Waals surface area contributed by atoms with Crippen LogP contribution in [0.2, 0.25) is 0 Å². The zero-order valence-corrected chi connectivity index (χ0v) is 16.7. The van der Waals surface area contributed by atoms with Gasteiger partial charge in [0.25, 0.3) is 11.5 Å². The van der Waals surface area contributed by atoms with E-state index < -0.39 is 0 Å². The van der Waals surface area contributed by atoms with Gasteiger partial charge >= 0.3 is 0 Å². The number of thiazole rings is 1. The molecule has 5 rings (SSSR count). The third-order valence-electron chi connectivity index (χ3n) is 5.14. The third kappa shape index (κ3) is 2.84. The van der Waals surface area contributed by atoms with Crippen molar-refractivity contribution in [1.82, 2.24) is 4.57 Å². The van der Waals surface area contributed by atoms with E-state index in [1.54, 1.807) is 11.7 Å². The van der Waals surface area contributed by atoms with Gasteiger partial charge in [0, 0.05) is 16.9 Å². The number of anilines is 2. The zero-order valence-electron chi connectivity index (χ0n) is 15.9. The van der Waals surface area contributed by atoms with E-state index in [0.717, 1.165) is 28.3 Å². The first-order chi connectivity index (χ1) is 14.0. The van der Waals surface area contributed by atoms with Gasteiger partial charge < -0.3 is 15.0 Å². The van der Waals surface area contributed by atoms with Gasteiger partial charge in [-0.05, 0) is 43.3 Å². The molecule has 3 heterocycles. The number of carbonyl (C=O) groups is 1. The summed E-state index contributed by atoms with van der Waals surface area (Å²) in [6.45, 7) is 2.80. The number of nitrogens with one attached hydrogen (secondary N) is 1. The highest BCUT2D eigenvalue weighted by Crippen LogP contribution is 2.30. The van der Waals surface area contributed by atoms with Gasteiger partial charge in [-0.3, -0.25) is 14.2 Å². The number of aryl methyl sites for hydroxylation is 1. The molecule has 0 radical (unpaired) electrons. The molecule has 0 saturated heterocycles. The molecule has 0 unspecified atom stereocenters. The van der Waals surface area contributed by atoms with Crippen LogP contribution in [0.4, 0.5) is 11.4 Å². The Kier molecular flexibility index (Phi) is 4.02. The van der Waals surface area contributed by atoms with Gasteiger partial charge in [0.15, 0.2) is 4.80 Å². The van der Waals surface area contributed by atoms with Crippen LogP contribution in [-0.2, 0) is 11.5 Å². The molecule has 29 heavy (non-hydrogen) atoms. The summed E-state index contributed by atoms with van der Waals surface area (Å²) in [5.74, 6) is 0.532. The Labute approximate surface area is 170 Å². The summed E-state index contributed by atoms with van der Waals surface area (Å²) in [6.07, 6.45) is 0. The Morgan fingerprint density at radius 3 is 2.69 bits per heavy atom. The van der Waals surface area contributed by atoms with Crippen LogP contribution < -0.4 is 29.8 Å². The summed E-state index contributed by atoms with van der Waals surface area (Å²) < 4.78 is 7.26. The Morgan fingerprint density at radius 1 is 1.14 bits per heavy atom. The van der Waals surface area contributed by atoms with Crippen molar-refractivity contribution in [3.05, 3.63) is 73.3 Å². The van der Waals surface area contributed by atoms with Crippen LogP contribution in [0.1, 0.15) is 11.1 Å². The molecule has 0 atom stereocenters. The van der Waals surface area contributed by atoms with E-state index in [1.165, 1.54) is 11.3 Å². The fourth-order valence-electron chi connectivity index (χ4n) is 3.62. The third-order valence-corrected chi connectivity index (χ3v) is 6.25. The van der Waals surface area contributed by atoms with Crippen LogP contribution >= 0.6 is 11.3 Å². The van der Waals surface area contributed by atoms with Gasteiger partial charge in [-0.1, -0.05) is 23.0 Å². The lowest BCUT2D eigenvalue weighted by Gasteiger charge is -2.25. The number of methoxy groups -OCH3 is 1. The smallest absolute Gasteiger partial charge is 0.272 e. The Bertz CT molecular complexity index is 1320. The molecule has 0 fully saturated rings. The lowest BCUT2D eigenvalue weighted by atomic mass is 10.1. The Balaban J connectivity index is 1.61. The van der Waals surface area contributed by atoms with E-state index in [2.05, 4.69) is 10.3 Å². The van der Waals surface area contributed by atoms with Crippen LogP contribution in [0, 0.1) is 6.92 Å². The zero-order chi connectivity index (χ0) is 20.1. The average Bonchev–Trinajstić information content (AvgIpc) is 3.23. The second-order valence-corrected chi connectivity index (χ2v) is 7.98. The minimum atomic E-state index is -0.242. The molecule has 0 aliphatic carbocycles. The highest BCUT2D eigenvalue weighted by Gasteiger charge is 2.28. The maximum Gasteiger partial charge on any atom is 0.272 e. The molecule has 8 heteroatoms. The summed E-state index contributed by atoms with van der Waals surface area (Å²) in [5.41, 5.74) is 3.75. The minimum Gasteiger partial charge on any atom is -0.497 e. The number of nitrogens with zero attached hydrogens (tertiary/aromatic N) is 3. The molecule has 0 saturated carbocycles. The number of ether oxygens (including phenoxy) is 1. The number of amides is 1. The summed E-state index contributed by atoms with van der Waals surface area (Å²) in [6, 6.07) is 13.4. The Morgan fingerprint density at radius 2 is 1.93 bits per heavy atom. The van der Waals surface area contributed by atoms with Crippen molar-refractivity contribution < 1.29 is 9.53 Å². The van der Waals surface area contributed by atoms with E-state index in [4.69, 9.17) is 4.74 Å². The van der Waals surface area contributed by atoms with Crippen molar-refractivity contribution in [2.24, 2.45) is 4.99 Å². The first kappa shape index (κ1) is 17.7. The molecule has 1 N–H and O–H groups in total. The van der Waals surface area contributed by atoms with E-state index in [9.17, 15) is 9.59 Å². The van der Waals surface area contributed by atoms with Crippen LogP contribution in [0.25, 0.3) is 5.57 Å². The molecule has 1 aromatic heterocycles. The fraction of sp³-hybridized carbons (Fsp3) is 0.190. The maximum atomic E-state index is 13.2. The van der Waals surface area contributed by atoms with E-state index >= 15 is 0 Å². The van der Waals surface area contributed by atoms with Crippen LogP contribution in [0.3, 0.4) is 0 Å². The highest BCUT2D eigenvalue weighted by molar-refractivity contribution is 7.07. The number of hydrogen-bond donors (Lipinski definition) is 1. The quantitative estimate of drug-likeness (QED) is 0.699. The number of benzene rings is 2. The van der Waals surface area contributed by atoms with Crippen LogP contribution in [0.5, 0.6) is 5.75 Å². The van der Waals surface area contributed by atoms with Crippen LogP contribution in [0.15, 0.2) is 52.3 Å². The number of aromatic nitrogens is 1. The second-order valence-electron chi connectivity index (χ2n) is 7.00. The van der Waals surface area contributed by atoms with E-state index in [0.29, 0.717) is 28.2 Å². The first-order valence-electron chi connectivity index (χ1n) is 9.15. The van der Waals surface area contributed by atoms with Crippen molar-refractivity contribution in [3.8, 4) is 5.75 Å². The number of carbonyl (C=O) groups excluding carboxylic acids is 1. The highest BCUT2D eigenvalue weighted by atomic mass is 32.1. The lowest BCUT2D eigenvalue weighted by Crippen LogP contribution is -2.43. The normalized spacial score (nSPS) is 16.8. The van der Waals surface area contributed by atoms with Gasteiger partial charge in [0.1, 0.15) is 23.6 Å². The fourth-order valence-corrected chi connectivity index (χ4v) is 4.68. The molecule has 1 amide bonds. The lowest BCUT2D eigenvalue weighted by molar-refractivity contribution is -0.110. The summed E-state index contributed by atoms with van der Waals surface area (Å²) in [7, 11) is 1.63. The van der Waals surface area contributed by atoms with Crippen molar-refractivity contribution in [2.45, 2.75) is 13.6 Å². The second kappa shape index (κ2) is 6.59. The van der Waals surface area contributed by atoms with Gasteiger partial charge in [0.2, 0.25) is 0 Å². The van der Waals surface area contributed by atoms with Crippen molar-refractivity contribution in [1.29, 1.82) is 0 Å². The van der Waals surface area contributed by atoms with Gasteiger partial charge in [-0.25, -0.2) is 4.99 Å². The predicted octanol–water partition coefficient (Wildman–Crippen LogP) is 1.43. The molecule has 146 valence electrons. The molecule has 7 nitrogen and oxygen atoms in total. The summed E-state index contributed by atoms with van der Waals surface area (Å²) in [5, 5.41) is 2.86. The number of rotatable bonds is 2. The number of fused-ring (bicyclic) bond motifs is 2. The summed E-state index contributed by atoms with van der Waals surface area (Å²) in [4.78, 5) is 33.0. The van der Waals surface area contributed by atoms with Crippen molar-refractivity contribution in [2.75, 3.05) is 24.0 Å². The standard InChI is InChI=1S/C21H18N4O3S/c1-12-3-8-16-15(9-12)17(19(26)23-16)18-20(27)25-11-24(10-22-21(25)29-18)13-4-6-14(28-2)7-5-13/h3-9H,10-11H2,1-2H3,(H,23,26)/b18-17+. The monoisotopic (exact) mass is 406 g/mol. The maximum absolute atomic E-state index is 13.2. The molecule has 2 aromatic carbocycles. The number of hydrogen-bond acceptors (Lipinski definition) is 6. The predicted molar refractivity (Wildman–Crippen MR) is 112 cm³/mol. The largest absolute Gasteiger partial charge is 0.497 e. The SMILES string of the molecule is COc1ccc(N2CN=c3s/c(=C4/C(=O)Nc5ccc(C)cc54)c(=O)n3C2)cc1. The van der Waals surface area contributed by atoms with Crippen LogP contribution in [-0.4, -0.2) is 24.3 Å². The van der Waals surface area contributed by atoms with Crippen molar-refractivity contribution >= 4 is 34.2 Å². The molecule has 3 aromatic rings. The summed E-state index contributed by atoms with van der Waals surface area (Å²) >= 11 is 1.27. The van der Waals surface area contributed by atoms with Crippen molar-refractivity contribution in [3.63, 3.8) is 0 Å².